The molecule has 1 aliphatic rings. The van der Waals surface area contributed by atoms with Crippen LogP contribution in [-0.2, 0) is 0 Å². The number of fused-ring (bicyclic) bond motifs is 1. The van der Waals surface area contributed by atoms with Crippen LogP contribution < -0.4 is 20.1 Å². The molecule has 1 aliphatic heterocycles. The van der Waals surface area contributed by atoms with Gasteiger partial charge in [0.15, 0.2) is 5.13 Å². The number of ether oxygens (including phenoxy) is 2. The quantitative estimate of drug-likeness (QED) is 0.685. The van der Waals surface area contributed by atoms with E-state index in [-0.39, 0.29) is 5.91 Å². The van der Waals surface area contributed by atoms with E-state index in [1.165, 1.54) is 24.0 Å². The molecule has 7 nitrogen and oxygen atoms in total. The van der Waals surface area contributed by atoms with Gasteiger partial charge in [-0.15, -0.1) is 0 Å². The van der Waals surface area contributed by atoms with Crippen LogP contribution in [0.2, 0.25) is 0 Å². The monoisotopic (exact) mass is 398 g/mol. The Bertz CT molecular complexity index is 998. The number of thiazole rings is 1. The van der Waals surface area contributed by atoms with Crippen molar-refractivity contribution in [2.75, 3.05) is 32.6 Å². The molecule has 0 unspecified atom stereocenters. The van der Waals surface area contributed by atoms with Gasteiger partial charge >= 0.3 is 0 Å². The average molecular weight is 398 g/mol. The summed E-state index contributed by atoms with van der Waals surface area (Å²) in [6.45, 7) is 2.04. The number of hydrogen-bond donors (Lipinski definition) is 2. The molecule has 1 aromatic carbocycles. The molecule has 146 valence electrons. The van der Waals surface area contributed by atoms with Crippen LogP contribution in [0.1, 0.15) is 34.7 Å². The topological polar surface area (TPSA) is 85.4 Å². The number of carbonyl (C=O) groups excluding carboxylic acids is 1. The smallest absolute Gasteiger partial charge is 0.257 e. The second kappa shape index (κ2) is 8.12. The first-order valence-corrected chi connectivity index (χ1v) is 10.0. The zero-order valence-electron chi connectivity index (χ0n) is 15.8. The molecule has 2 aromatic heterocycles. The van der Waals surface area contributed by atoms with Crippen molar-refractivity contribution in [3.05, 3.63) is 41.6 Å². The number of nitrogens with zero attached hydrogens (tertiary/aromatic N) is 2. The van der Waals surface area contributed by atoms with Crippen LogP contribution in [0, 0.1) is 0 Å². The number of nitrogens with one attached hydrogen (secondary N) is 2. The van der Waals surface area contributed by atoms with Crippen molar-refractivity contribution in [1.82, 2.24) is 15.3 Å². The number of benzene rings is 1. The van der Waals surface area contributed by atoms with Gasteiger partial charge in [-0.3, -0.25) is 10.1 Å². The van der Waals surface area contributed by atoms with Crippen molar-refractivity contribution in [1.29, 1.82) is 0 Å². The van der Waals surface area contributed by atoms with Gasteiger partial charge in [-0.2, -0.15) is 0 Å². The molecule has 0 radical (unpaired) electrons. The van der Waals surface area contributed by atoms with Crippen molar-refractivity contribution < 1.29 is 14.3 Å². The molecule has 3 heterocycles. The molecule has 1 amide bonds. The first-order valence-electron chi connectivity index (χ1n) is 9.19. The number of anilines is 1. The van der Waals surface area contributed by atoms with Gasteiger partial charge in [0.2, 0.25) is 5.88 Å². The fourth-order valence-electron chi connectivity index (χ4n) is 3.51. The summed E-state index contributed by atoms with van der Waals surface area (Å²) in [4.78, 5) is 21.3. The van der Waals surface area contributed by atoms with E-state index in [2.05, 4.69) is 26.7 Å². The number of amides is 1. The fourth-order valence-corrected chi connectivity index (χ4v) is 4.58. The summed E-state index contributed by atoms with van der Waals surface area (Å²) in [5.74, 6) is 1.35. The number of rotatable bonds is 5. The molecule has 0 saturated carbocycles. The Morgan fingerprint density at radius 3 is 2.79 bits per heavy atom. The van der Waals surface area contributed by atoms with Crippen molar-refractivity contribution in [3.8, 4) is 11.6 Å². The molecule has 0 spiro atoms. The highest BCUT2D eigenvalue weighted by molar-refractivity contribution is 7.22. The summed E-state index contributed by atoms with van der Waals surface area (Å²) in [6.07, 6.45) is 3.74. The van der Waals surface area contributed by atoms with E-state index in [1.54, 1.807) is 25.4 Å². The molecule has 3 aromatic rings. The number of hydrogen-bond acceptors (Lipinski definition) is 7. The van der Waals surface area contributed by atoms with Crippen LogP contribution in [0.15, 0.2) is 30.5 Å². The highest BCUT2D eigenvalue weighted by Gasteiger charge is 2.22. The highest BCUT2D eigenvalue weighted by atomic mass is 32.1. The summed E-state index contributed by atoms with van der Waals surface area (Å²) < 4.78 is 11.7. The molecular weight excluding hydrogens is 376 g/mol. The predicted molar refractivity (Wildman–Crippen MR) is 110 cm³/mol. The van der Waals surface area contributed by atoms with Crippen LogP contribution in [0.25, 0.3) is 10.2 Å². The second-order valence-electron chi connectivity index (χ2n) is 6.62. The average Bonchev–Trinajstić information content (AvgIpc) is 3.17. The Morgan fingerprint density at radius 2 is 2.04 bits per heavy atom. The van der Waals surface area contributed by atoms with E-state index < -0.39 is 0 Å². The number of aromatic nitrogens is 2. The van der Waals surface area contributed by atoms with Gasteiger partial charge in [-0.25, -0.2) is 9.97 Å². The normalized spacial score (nSPS) is 14.8. The molecule has 0 bridgehead atoms. The molecular formula is C20H22N4O3S. The van der Waals surface area contributed by atoms with E-state index in [0.29, 0.717) is 22.5 Å². The lowest BCUT2D eigenvalue weighted by Gasteiger charge is -2.23. The van der Waals surface area contributed by atoms with Gasteiger partial charge in [0.1, 0.15) is 11.3 Å². The van der Waals surface area contributed by atoms with Gasteiger partial charge in [-0.1, -0.05) is 17.4 Å². The summed E-state index contributed by atoms with van der Waals surface area (Å²) in [5, 5.41) is 6.85. The van der Waals surface area contributed by atoms with Crippen LogP contribution in [-0.4, -0.2) is 43.2 Å². The Morgan fingerprint density at radius 1 is 1.21 bits per heavy atom. The van der Waals surface area contributed by atoms with E-state index >= 15 is 0 Å². The number of methoxy groups -OCH3 is 2. The fraction of sp³-hybridized carbons (Fsp3) is 0.350. The summed E-state index contributed by atoms with van der Waals surface area (Å²) in [5.41, 5.74) is 2.55. The van der Waals surface area contributed by atoms with Crippen molar-refractivity contribution in [2.45, 2.75) is 18.8 Å². The predicted octanol–water partition coefficient (Wildman–Crippen LogP) is 3.43. The summed E-state index contributed by atoms with van der Waals surface area (Å²) >= 11 is 1.49. The number of pyridine rings is 1. The first-order chi connectivity index (χ1) is 13.7. The number of piperidine rings is 1. The van der Waals surface area contributed by atoms with Crippen molar-refractivity contribution in [2.24, 2.45) is 0 Å². The molecule has 2 N–H and O–H groups in total. The Kier molecular flexibility index (Phi) is 5.40. The van der Waals surface area contributed by atoms with E-state index in [0.717, 1.165) is 41.9 Å². The molecule has 1 fully saturated rings. The van der Waals surface area contributed by atoms with Crippen LogP contribution >= 0.6 is 11.3 Å². The minimum absolute atomic E-state index is 0.248. The zero-order chi connectivity index (χ0) is 19.5. The minimum atomic E-state index is -0.248. The maximum atomic E-state index is 12.6. The third-order valence-corrected chi connectivity index (χ3v) is 5.98. The van der Waals surface area contributed by atoms with Gasteiger partial charge in [0.05, 0.1) is 18.9 Å². The van der Waals surface area contributed by atoms with E-state index in [1.807, 2.05) is 6.07 Å². The molecule has 4 rings (SSSR count). The third kappa shape index (κ3) is 3.65. The lowest BCUT2D eigenvalue weighted by atomic mass is 9.90. The van der Waals surface area contributed by atoms with Gasteiger partial charge in [0, 0.05) is 17.8 Å². The SMILES string of the molecule is COc1cc(C(=O)Nc2nc3c(OC)ccc(C4CCNCC4)c3s2)ccn1. The maximum absolute atomic E-state index is 12.6. The first kappa shape index (κ1) is 18.6. The zero-order valence-corrected chi connectivity index (χ0v) is 16.6. The number of carbonyl (C=O) groups is 1. The van der Waals surface area contributed by atoms with Crippen molar-refractivity contribution in [3.63, 3.8) is 0 Å². The van der Waals surface area contributed by atoms with Crippen LogP contribution in [0.5, 0.6) is 11.6 Å². The Labute approximate surface area is 167 Å². The third-order valence-electron chi connectivity index (χ3n) is 4.96. The van der Waals surface area contributed by atoms with Crippen LogP contribution in [0.4, 0.5) is 5.13 Å². The summed E-state index contributed by atoms with van der Waals surface area (Å²) in [6, 6.07) is 7.35. The largest absolute Gasteiger partial charge is 0.494 e. The molecule has 0 aliphatic carbocycles. The van der Waals surface area contributed by atoms with Crippen molar-refractivity contribution >= 4 is 32.6 Å². The van der Waals surface area contributed by atoms with Gasteiger partial charge in [-0.05, 0) is 49.5 Å². The standard InChI is InChI=1S/C20H22N4O3S/c1-26-15-4-3-14(12-5-8-21-9-6-12)18-17(15)23-20(28-18)24-19(25)13-7-10-22-16(11-13)27-2/h3-4,7,10-12,21H,5-6,8-9H2,1-2H3,(H,23,24,25). The van der Waals surface area contributed by atoms with Gasteiger partial charge < -0.3 is 14.8 Å². The molecule has 0 atom stereocenters. The maximum Gasteiger partial charge on any atom is 0.257 e. The van der Waals surface area contributed by atoms with Crippen LogP contribution in [0.3, 0.4) is 0 Å². The van der Waals surface area contributed by atoms with E-state index in [4.69, 9.17) is 9.47 Å². The highest BCUT2D eigenvalue weighted by Crippen LogP contribution is 2.40. The van der Waals surface area contributed by atoms with Gasteiger partial charge in [0.25, 0.3) is 5.91 Å². The second-order valence-corrected chi connectivity index (χ2v) is 7.62. The van der Waals surface area contributed by atoms with E-state index in [9.17, 15) is 4.79 Å². The lowest BCUT2D eigenvalue weighted by molar-refractivity contribution is 0.102. The molecule has 1 saturated heterocycles. The Hall–Kier alpha value is -2.71. The summed E-state index contributed by atoms with van der Waals surface area (Å²) in [7, 11) is 3.16. The minimum Gasteiger partial charge on any atom is -0.494 e. The lowest BCUT2D eigenvalue weighted by Crippen LogP contribution is -2.26. The molecule has 8 heteroatoms. The Balaban J connectivity index is 1.66. The molecule has 28 heavy (non-hydrogen) atoms.